The first-order valence-electron chi connectivity index (χ1n) is 7.98. The molecule has 3 nitrogen and oxygen atoms in total. The number of benzene rings is 2. The number of aromatic nitrogens is 2. The van der Waals surface area contributed by atoms with Crippen molar-refractivity contribution in [3.05, 3.63) is 69.8 Å². The monoisotopic (exact) mass is 322 g/mol. The SMILES string of the molecule is C[C@H](Sc1ccc2c(c1)CCC2)c1nc2ccccc2c(=O)[nH]1. The van der Waals surface area contributed by atoms with Gasteiger partial charge in [0.15, 0.2) is 0 Å². The van der Waals surface area contributed by atoms with E-state index in [0.29, 0.717) is 5.39 Å². The van der Waals surface area contributed by atoms with Gasteiger partial charge in [-0.15, -0.1) is 11.8 Å². The van der Waals surface area contributed by atoms with Crippen molar-refractivity contribution >= 4 is 22.7 Å². The van der Waals surface area contributed by atoms with E-state index in [1.54, 1.807) is 11.8 Å². The molecule has 0 fully saturated rings. The fraction of sp³-hybridized carbons (Fsp3) is 0.263. The maximum absolute atomic E-state index is 12.2. The van der Waals surface area contributed by atoms with Crippen molar-refractivity contribution in [3.8, 4) is 0 Å². The molecule has 1 atom stereocenters. The second kappa shape index (κ2) is 5.85. The van der Waals surface area contributed by atoms with Crippen molar-refractivity contribution in [2.45, 2.75) is 36.3 Å². The predicted molar refractivity (Wildman–Crippen MR) is 95.1 cm³/mol. The molecule has 0 saturated carbocycles. The Morgan fingerprint density at radius 3 is 2.87 bits per heavy atom. The lowest BCUT2D eigenvalue weighted by atomic mass is 10.1. The molecule has 1 aromatic heterocycles. The minimum Gasteiger partial charge on any atom is -0.309 e. The number of nitrogens with one attached hydrogen (secondary N) is 1. The minimum atomic E-state index is -0.0630. The maximum Gasteiger partial charge on any atom is 0.258 e. The van der Waals surface area contributed by atoms with Crippen molar-refractivity contribution in [2.75, 3.05) is 0 Å². The fourth-order valence-corrected chi connectivity index (χ4v) is 4.17. The van der Waals surface area contributed by atoms with Gasteiger partial charge in [-0.25, -0.2) is 4.98 Å². The molecular formula is C19H18N2OS. The lowest BCUT2D eigenvalue weighted by Crippen LogP contribution is -2.12. The van der Waals surface area contributed by atoms with Crippen molar-refractivity contribution in [1.82, 2.24) is 9.97 Å². The Balaban J connectivity index is 1.64. The molecule has 2 aromatic carbocycles. The third kappa shape index (κ3) is 2.79. The molecule has 1 heterocycles. The number of para-hydroxylation sites is 1. The van der Waals surface area contributed by atoms with Crippen LogP contribution in [0.15, 0.2) is 52.2 Å². The Hall–Kier alpha value is -2.07. The zero-order chi connectivity index (χ0) is 15.8. The van der Waals surface area contributed by atoms with Gasteiger partial charge >= 0.3 is 0 Å². The topological polar surface area (TPSA) is 45.8 Å². The van der Waals surface area contributed by atoms with Gasteiger partial charge < -0.3 is 4.98 Å². The molecular weight excluding hydrogens is 304 g/mol. The highest BCUT2D eigenvalue weighted by Crippen LogP contribution is 2.35. The number of nitrogens with zero attached hydrogens (tertiary/aromatic N) is 1. The van der Waals surface area contributed by atoms with Crippen LogP contribution in [0.2, 0.25) is 0 Å². The molecule has 0 aliphatic heterocycles. The summed E-state index contributed by atoms with van der Waals surface area (Å²) in [6, 6.07) is 14.2. The number of aryl methyl sites for hydroxylation is 2. The second-order valence-electron chi connectivity index (χ2n) is 6.01. The van der Waals surface area contributed by atoms with Gasteiger partial charge in [0.1, 0.15) is 5.82 Å². The van der Waals surface area contributed by atoms with Crippen LogP contribution in [0.1, 0.15) is 35.5 Å². The first-order valence-corrected chi connectivity index (χ1v) is 8.86. The zero-order valence-corrected chi connectivity index (χ0v) is 13.8. The van der Waals surface area contributed by atoms with E-state index in [4.69, 9.17) is 0 Å². The zero-order valence-electron chi connectivity index (χ0n) is 13.0. The Morgan fingerprint density at radius 1 is 1.13 bits per heavy atom. The highest BCUT2D eigenvalue weighted by molar-refractivity contribution is 7.99. The highest BCUT2D eigenvalue weighted by Gasteiger charge is 2.15. The van der Waals surface area contributed by atoms with Crippen LogP contribution in [0.4, 0.5) is 0 Å². The van der Waals surface area contributed by atoms with Gasteiger partial charge in [0.05, 0.1) is 16.2 Å². The first-order chi connectivity index (χ1) is 11.2. The summed E-state index contributed by atoms with van der Waals surface area (Å²) in [5.41, 5.74) is 3.65. The number of fused-ring (bicyclic) bond motifs is 2. The molecule has 1 N–H and O–H groups in total. The summed E-state index contributed by atoms with van der Waals surface area (Å²) in [5.74, 6) is 0.735. The number of hydrogen-bond donors (Lipinski definition) is 1. The summed E-state index contributed by atoms with van der Waals surface area (Å²) in [6.07, 6.45) is 3.65. The second-order valence-corrected chi connectivity index (χ2v) is 7.43. The Labute approximate surface area is 139 Å². The average molecular weight is 322 g/mol. The van der Waals surface area contributed by atoms with Crippen LogP contribution in [-0.4, -0.2) is 9.97 Å². The molecule has 0 saturated heterocycles. The van der Waals surface area contributed by atoms with E-state index in [0.717, 1.165) is 11.3 Å². The fourth-order valence-electron chi connectivity index (χ4n) is 3.18. The van der Waals surface area contributed by atoms with Gasteiger partial charge in [0, 0.05) is 4.90 Å². The van der Waals surface area contributed by atoms with Crippen LogP contribution in [0, 0.1) is 0 Å². The van der Waals surface area contributed by atoms with Crippen molar-refractivity contribution in [1.29, 1.82) is 0 Å². The van der Waals surface area contributed by atoms with Crippen LogP contribution in [0.5, 0.6) is 0 Å². The summed E-state index contributed by atoms with van der Waals surface area (Å²) in [7, 11) is 0. The molecule has 23 heavy (non-hydrogen) atoms. The molecule has 0 bridgehead atoms. The standard InChI is InChI=1S/C19H18N2OS/c1-12(23-15-10-9-13-5-4-6-14(13)11-15)18-20-17-8-3-2-7-16(17)19(22)21-18/h2-3,7-12H,4-6H2,1H3,(H,20,21,22)/t12-/m0/s1. The van der Waals surface area contributed by atoms with E-state index in [1.165, 1.54) is 35.3 Å². The molecule has 1 aliphatic rings. The molecule has 4 rings (SSSR count). The molecule has 0 amide bonds. The number of rotatable bonds is 3. The largest absolute Gasteiger partial charge is 0.309 e. The summed E-state index contributed by atoms with van der Waals surface area (Å²) < 4.78 is 0. The molecule has 0 radical (unpaired) electrons. The summed E-state index contributed by atoms with van der Waals surface area (Å²) >= 11 is 1.75. The Bertz CT molecular complexity index is 932. The smallest absolute Gasteiger partial charge is 0.258 e. The van der Waals surface area contributed by atoms with Gasteiger partial charge in [-0.3, -0.25) is 4.79 Å². The van der Waals surface area contributed by atoms with Gasteiger partial charge in [-0.1, -0.05) is 18.2 Å². The van der Waals surface area contributed by atoms with Crippen LogP contribution in [0.3, 0.4) is 0 Å². The molecule has 1 aliphatic carbocycles. The van der Waals surface area contributed by atoms with E-state index >= 15 is 0 Å². The third-order valence-electron chi connectivity index (χ3n) is 4.40. The van der Waals surface area contributed by atoms with Crippen LogP contribution in [0.25, 0.3) is 10.9 Å². The third-order valence-corrected chi connectivity index (χ3v) is 5.50. The summed E-state index contributed by atoms with van der Waals surface area (Å²) in [5, 5.41) is 0.748. The van der Waals surface area contributed by atoms with Crippen molar-refractivity contribution in [2.24, 2.45) is 0 Å². The van der Waals surface area contributed by atoms with Gasteiger partial charge in [-0.2, -0.15) is 0 Å². The number of H-pyrrole nitrogens is 1. The lowest BCUT2D eigenvalue weighted by Gasteiger charge is -2.12. The number of hydrogen-bond acceptors (Lipinski definition) is 3. The van der Waals surface area contributed by atoms with Gasteiger partial charge in [0.2, 0.25) is 0 Å². The number of thioether (sulfide) groups is 1. The molecule has 0 spiro atoms. The van der Waals surface area contributed by atoms with Crippen molar-refractivity contribution < 1.29 is 0 Å². The average Bonchev–Trinajstić information content (AvgIpc) is 3.02. The van der Waals surface area contributed by atoms with Crippen molar-refractivity contribution in [3.63, 3.8) is 0 Å². The maximum atomic E-state index is 12.2. The van der Waals surface area contributed by atoms with E-state index in [1.807, 2.05) is 24.3 Å². The first kappa shape index (κ1) is 14.5. The van der Waals surface area contributed by atoms with Gasteiger partial charge in [-0.05, 0) is 61.6 Å². The normalized spacial score (nSPS) is 14.8. The highest BCUT2D eigenvalue weighted by atomic mass is 32.2. The Kier molecular flexibility index (Phi) is 3.69. The Morgan fingerprint density at radius 2 is 1.96 bits per heavy atom. The number of aromatic amines is 1. The molecule has 3 aromatic rings. The molecule has 4 heteroatoms. The van der Waals surface area contributed by atoms with E-state index in [9.17, 15) is 4.79 Å². The van der Waals surface area contributed by atoms with E-state index < -0.39 is 0 Å². The van der Waals surface area contributed by atoms with Crippen LogP contribution < -0.4 is 5.56 Å². The van der Waals surface area contributed by atoms with E-state index in [2.05, 4.69) is 35.1 Å². The van der Waals surface area contributed by atoms with Crippen LogP contribution in [-0.2, 0) is 12.8 Å². The van der Waals surface area contributed by atoms with Gasteiger partial charge in [0.25, 0.3) is 5.56 Å². The van der Waals surface area contributed by atoms with E-state index in [-0.39, 0.29) is 10.8 Å². The van der Waals surface area contributed by atoms with Crippen LogP contribution >= 0.6 is 11.8 Å². The predicted octanol–water partition coefficient (Wildman–Crippen LogP) is 4.27. The lowest BCUT2D eigenvalue weighted by molar-refractivity contribution is 0.911. The molecule has 0 unspecified atom stereocenters. The summed E-state index contributed by atoms with van der Waals surface area (Å²) in [4.78, 5) is 21.0. The quantitative estimate of drug-likeness (QED) is 0.733. The minimum absolute atomic E-state index is 0.0630. The summed E-state index contributed by atoms with van der Waals surface area (Å²) in [6.45, 7) is 2.09. The molecule has 116 valence electrons.